The summed E-state index contributed by atoms with van der Waals surface area (Å²) < 4.78 is 10.3. The summed E-state index contributed by atoms with van der Waals surface area (Å²) in [6, 6.07) is 3.95. The number of esters is 1. The Labute approximate surface area is 127 Å². The maximum atomic E-state index is 11.6. The fraction of sp³-hybridized carbons (Fsp3) is 0.429. The Hall–Kier alpha value is -2.73. The highest BCUT2D eigenvalue weighted by atomic mass is 16.6. The summed E-state index contributed by atoms with van der Waals surface area (Å²) in [4.78, 5) is 25.6. The predicted octanol–water partition coefficient (Wildman–Crippen LogP) is 2.61. The van der Waals surface area contributed by atoms with Gasteiger partial charge < -0.3 is 14.6 Å². The van der Waals surface area contributed by atoms with Gasteiger partial charge in [-0.3, -0.25) is 4.79 Å². The van der Waals surface area contributed by atoms with Crippen LogP contribution in [0.4, 0.5) is 0 Å². The molecule has 0 bridgehead atoms. The molecule has 1 aromatic rings. The van der Waals surface area contributed by atoms with Gasteiger partial charge >= 0.3 is 5.97 Å². The first-order valence-electron chi connectivity index (χ1n) is 6.44. The average molecular weight is 307 g/mol. The largest absolute Gasteiger partial charge is 0.507 e. The number of azide groups is 1. The van der Waals surface area contributed by atoms with Crippen LogP contribution in [0.1, 0.15) is 31.1 Å². The van der Waals surface area contributed by atoms with Crippen LogP contribution in [-0.4, -0.2) is 35.6 Å². The fourth-order valence-corrected chi connectivity index (χ4v) is 1.53. The van der Waals surface area contributed by atoms with E-state index in [0.717, 1.165) is 0 Å². The van der Waals surface area contributed by atoms with E-state index >= 15 is 0 Å². The molecule has 1 aromatic carbocycles. The normalized spacial score (nSPS) is 10.5. The van der Waals surface area contributed by atoms with Crippen LogP contribution < -0.4 is 4.74 Å². The average Bonchev–Trinajstić information content (AvgIpc) is 2.40. The highest BCUT2D eigenvalue weighted by molar-refractivity contribution is 6.00. The van der Waals surface area contributed by atoms with Crippen molar-refractivity contribution in [3.63, 3.8) is 0 Å². The molecule has 1 rings (SSSR count). The van der Waals surface area contributed by atoms with Crippen molar-refractivity contribution in [2.75, 3.05) is 13.2 Å². The standard InChI is InChI=1S/C14H17N3O5/c1-14(2,3)22-13(20)8-21-9-4-5-10(11(18)6-9)12(19)7-16-17-15/h4-6,18H,7-8H2,1-3H3. The van der Waals surface area contributed by atoms with Crippen molar-refractivity contribution in [3.8, 4) is 11.5 Å². The number of Topliss-reactive ketones (excluding diaryl/α,β-unsaturated/α-hetero) is 1. The second kappa shape index (κ2) is 7.33. The topological polar surface area (TPSA) is 122 Å². The molecule has 0 saturated carbocycles. The van der Waals surface area contributed by atoms with Crippen LogP contribution in [0.3, 0.4) is 0 Å². The van der Waals surface area contributed by atoms with E-state index in [9.17, 15) is 14.7 Å². The van der Waals surface area contributed by atoms with Crippen LogP contribution in [0.25, 0.3) is 10.4 Å². The highest BCUT2D eigenvalue weighted by Crippen LogP contribution is 2.24. The van der Waals surface area contributed by atoms with Gasteiger partial charge in [-0.25, -0.2) is 4.79 Å². The maximum Gasteiger partial charge on any atom is 0.344 e. The Kier molecular flexibility index (Phi) is 5.77. The van der Waals surface area contributed by atoms with Gasteiger partial charge in [-0.2, -0.15) is 0 Å². The molecule has 0 unspecified atom stereocenters. The molecule has 0 aromatic heterocycles. The number of ketones is 1. The van der Waals surface area contributed by atoms with E-state index in [2.05, 4.69) is 10.0 Å². The summed E-state index contributed by atoms with van der Waals surface area (Å²) in [6.07, 6.45) is 0. The van der Waals surface area contributed by atoms with Crippen LogP contribution in [0.2, 0.25) is 0 Å². The summed E-state index contributed by atoms with van der Waals surface area (Å²) in [7, 11) is 0. The SMILES string of the molecule is CC(C)(C)OC(=O)COc1ccc(C(=O)CN=[N+]=[N-])c(O)c1. The molecule has 0 fully saturated rings. The van der Waals surface area contributed by atoms with Gasteiger partial charge in [0, 0.05) is 11.0 Å². The lowest BCUT2D eigenvalue weighted by Crippen LogP contribution is -2.27. The zero-order valence-corrected chi connectivity index (χ0v) is 12.6. The molecular formula is C14H17N3O5. The first-order chi connectivity index (χ1) is 10.2. The smallest absolute Gasteiger partial charge is 0.344 e. The number of rotatable bonds is 6. The van der Waals surface area contributed by atoms with Gasteiger partial charge in [0.15, 0.2) is 12.4 Å². The van der Waals surface area contributed by atoms with Crippen molar-refractivity contribution in [3.05, 3.63) is 34.2 Å². The zero-order valence-electron chi connectivity index (χ0n) is 12.6. The van der Waals surface area contributed by atoms with Crippen molar-refractivity contribution in [1.82, 2.24) is 0 Å². The molecule has 0 aliphatic rings. The summed E-state index contributed by atoms with van der Waals surface area (Å²) in [5.74, 6) is -1.17. The summed E-state index contributed by atoms with van der Waals surface area (Å²) in [5, 5.41) is 12.9. The molecule has 0 aliphatic heterocycles. The van der Waals surface area contributed by atoms with Gasteiger partial charge in [0.2, 0.25) is 0 Å². The van der Waals surface area contributed by atoms with Crippen molar-refractivity contribution in [2.24, 2.45) is 5.11 Å². The minimum absolute atomic E-state index is 0.0111. The molecular weight excluding hydrogens is 290 g/mol. The summed E-state index contributed by atoms with van der Waals surface area (Å²) >= 11 is 0. The maximum absolute atomic E-state index is 11.6. The number of aromatic hydroxyl groups is 1. The van der Waals surface area contributed by atoms with E-state index in [1.54, 1.807) is 20.8 Å². The minimum Gasteiger partial charge on any atom is -0.507 e. The molecule has 8 heteroatoms. The molecule has 0 radical (unpaired) electrons. The van der Waals surface area contributed by atoms with E-state index in [1.807, 2.05) is 0 Å². The number of benzene rings is 1. The van der Waals surface area contributed by atoms with Gasteiger partial charge in [-0.15, -0.1) is 0 Å². The number of nitrogens with zero attached hydrogens (tertiary/aromatic N) is 3. The molecule has 0 saturated heterocycles. The van der Waals surface area contributed by atoms with Crippen molar-refractivity contribution in [2.45, 2.75) is 26.4 Å². The number of ether oxygens (including phenoxy) is 2. The predicted molar refractivity (Wildman–Crippen MR) is 77.8 cm³/mol. The van der Waals surface area contributed by atoms with Crippen LogP contribution in [0.5, 0.6) is 11.5 Å². The van der Waals surface area contributed by atoms with Crippen LogP contribution in [0, 0.1) is 0 Å². The molecule has 0 amide bonds. The molecule has 0 spiro atoms. The van der Waals surface area contributed by atoms with Crippen LogP contribution in [0.15, 0.2) is 23.3 Å². The third-order valence-electron chi connectivity index (χ3n) is 2.32. The Morgan fingerprint density at radius 2 is 2.05 bits per heavy atom. The fourth-order valence-electron chi connectivity index (χ4n) is 1.53. The lowest BCUT2D eigenvalue weighted by Gasteiger charge is -2.19. The lowest BCUT2D eigenvalue weighted by atomic mass is 10.1. The number of carbonyl (C=O) groups is 2. The van der Waals surface area contributed by atoms with Crippen molar-refractivity contribution in [1.29, 1.82) is 0 Å². The number of hydrogen-bond acceptors (Lipinski definition) is 6. The Morgan fingerprint density at radius 3 is 2.59 bits per heavy atom. The number of hydrogen-bond donors (Lipinski definition) is 1. The van der Waals surface area contributed by atoms with E-state index in [-0.39, 0.29) is 30.2 Å². The van der Waals surface area contributed by atoms with E-state index in [1.165, 1.54) is 18.2 Å². The quantitative estimate of drug-likeness (QED) is 0.284. The minimum atomic E-state index is -0.611. The second-order valence-corrected chi connectivity index (χ2v) is 5.37. The molecule has 1 N–H and O–H groups in total. The zero-order chi connectivity index (χ0) is 16.8. The van der Waals surface area contributed by atoms with Crippen LogP contribution >= 0.6 is 0 Å². The number of carbonyl (C=O) groups excluding carboxylic acids is 2. The second-order valence-electron chi connectivity index (χ2n) is 5.37. The van der Waals surface area contributed by atoms with Crippen LogP contribution in [-0.2, 0) is 9.53 Å². The van der Waals surface area contributed by atoms with Gasteiger partial charge in [0.25, 0.3) is 0 Å². The number of phenolic OH excluding ortho intramolecular Hbond substituents is 1. The molecule has 22 heavy (non-hydrogen) atoms. The first-order valence-corrected chi connectivity index (χ1v) is 6.44. The lowest BCUT2D eigenvalue weighted by molar-refractivity contribution is -0.157. The van der Waals surface area contributed by atoms with Crippen molar-refractivity contribution < 1.29 is 24.2 Å². The summed E-state index contributed by atoms with van der Waals surface area (Å²) in [5.41, 5.74) is 7.56. The molecule has 0 aliphatic carbocycles. The number of phenols is 1. The van der Waals surface area contributed by atoms with Gasteiger partial charge in [0.1, 0.15) is 17.1 Å². The third kappa shape index (κ3) is 5.72. The molecule has 118 valence electrons. The molecule has 0 heterocycles. The van der Waals surface area contributed by atoms with Gasteiger partial charge in [-0.05, 0) is 38.4 Å². The Bertz CT molecular complexity index is 615. The Balaban J connectivity index is 2.68. The van der Waals surface area contributed by atoms with Gasteiger partial charge in [-0.1, -0.05) is 5.11 Å². The monoisotopic (exact) mass is 307 g/mol. The Morgan fingerprint density at radius 1 is 1.36 bits per heavy atom. The van der Waals surface area contributed by atoms with E-state index in [0.29, 0.717) is 0 Å². The van der Waals surface area contributed by atoms with E-state index in [4.69, 9.17) is 15.0 Å². The van der Waals surface area contributed by atoms with Gasteiger partial charge in [0.05, 0.1) is 12.1 Å². The highest BCUT2D eigenvalue weighted by Gasteiger charge is 2.17. The van der Waals surface area contributed by atoms with E-state index < -0.39 is 17.4 Å². The molecule has 0 atom stereocenters. The summed E-state index contributed by atoms with van der Waals surface area (Å²) in [6.45, 7) is 4.51. The molecule has 8 nitrogen and oxygen atoms in total. The third-order valence-corrected chi connectivity index (χ3v) is 2.32. The first kappa shape index (κ1) is 17.3. The van der Waals surface area contributed by atoms with Crippen molar-refractivity contribution >= 4 is 11.8 Å².